The van der Waals surface area contributed by atoms with E-state index in [-0.39, 0.29) is 18.7 Å². The number of hydrogen-bond acceptors (Lipinski definition) is 3. The third kappa shape index (κ3) is 3.19. The van der Waals surface area contributed by atoms with Crippen molar-refractivity contribution in [2.75, 3.05) is 6.54 Å². The van der Waals surface area contributed by atoms with Gasteiger partial charge in [0.25, 0.3) is 0 Å². The maximum Gasteiger partial charge on any atom is 0.317 e. The molecular weight excluding hydrogens is 218 g/mol. The maximum atomic E-state index is 11.0. The molecule has 2 aliphatic rings. The van der Waals surface area contributed by atoms with Gasteiger partial charge in [-0.15, -0.1) is 0 Å². The molecule has 0 amide bonds. The van der Waals surface area contributed by atoms with Crippen LogP contribution >= 0.6 is 0 Å². The van der Waals surface area contributed by atoms with E-state index < -0.39 is 5.97 Å². The molecule has 2 rings (SSSR count). The predicted octanol–water partition coefficient (Wildman–Crippen LogP) is 1.62. The topological polar surface area (TPSA) is 60.8 Å². The molecule has 0 aliphatic heterocycles. The monoisotopic (exact) mass is 241 g/mol. The van der Waals surface area contributed by atoms with E-state index in [1.54, 1.807) is 0 Å². The van der Waals surface area contributed by atoms with Gasteiger partial charge in [0.15, 0.2) is 0 Å². The molecule has 2 fully saturated rings. The zero-order valence-corrected chi connectivity index (χ0v) is 10.3. The molecule has 0 aromatic heterocycles. The summed E-state index contributed by atoms with van der Waals surface area (Å²) in [4.78, 5) is 13.1. The second-order valence-electron chi connectivity index (χ2n) is 5.42. The fourth-order valence-electron chi connectivity index (χ4n) is 3.39. The first-order valence-electron chi connectivity index (χ1n) is 6.84. The average Bonchev–Trinajstić information content (AvgIpc) is 2.80. The Balaban J connectivity index is 2.04. The van der Waals surface area contributed by atoms with Crippen LogP contribution < -0.4 is 0 Å². The van der Waals surface area contributed by atoms with E-state index in [1.807, 2.05) is 0 Å². The van der Waals surface area contributed by atoms with Crippen molar-refractivity contribution < 1.29 is 15.0 Å². The third-order valence-corrected chi connectivity index (χ3v) is 4.23. The van der Waals surface area contributed by atoms with Crippen molar-refractivity contribution in [1.82, 2.24) is 4.90 Å². The molecule has 4 heteroatoms. The molecule has 2 N–H and O–H groups in total. The molecule has 2 atom stereocenters. The van der Waals surface area contributed by atoms with Gasteiger partial charge in [0.1, 0.15) is 0 Å². The number of nitrogens with zero attached hydrogens (tertiary/aromatic N) is 1. The largest absolute Gasteiger partial charge is 0.480 e. The van der Waals surface area contributed by atoms with E-state index in [0.29, 0.717) is 6.04 Å². The number of rotatable bonds is 4. The number of carboxylic acids is 1. The summed E-state index contributed by atoms with van der Waals surface area (Å²) in [5.74, 6) is -0.769. The minimum Gasteiger partial charge on any atom is -0.480 e. The van der Waals surface area contributed by atoms with E-state index in [9.17, 15) is 9.90 Å². The average molecular weight is 241 g/mol. The van der Waals surface area contributed by atoms with Crippen molar-refractivity contribution in [3.8, 4) is 0 Å². The van der Waals surface area contributed by atoms with Crippen molar-refractivity contribution >= 4 is 5.97 Å². The lowest BCUT2D eigenvalue weighted by molar-refractivity contribution is -0.141. The molecule has 4 nitrogen and oxygen atoms in total. The lowest BCUT2D eigenvalue weighted by Gasteiger charge is -2.40. The second kappa shape index (κ2) is 5.83. The molecule has 0 aromatic carbocycles. The van der Waals surface area contributed by atoms with Gasteiger partial charge in [-0.25, -0.2) is 0 Å². The number of aliphatic hydroxyl groups is 1. The fourth-order valence-corrected chi connectivity index (χ4v) is 3.39. The van der Waals surface area contributed by atoms with Crippen LogP contribution in [0.1, 0.15) is 51.4 Å². The van der Waals surface area contributed by atoms with Gasteiger partial charge in [-0.2, -0.15) is 0 Å². The SMILES string of the molecule is O=C(O)CN(C1CCCC1)C1CCCCC1O. The Morgan fingerprint density at radius 1 is 1.06 bits per heavy atom. The zero-order valence-electron chi connectivity index (χ0n) is 10.3. The van der Waals surface area contributed by atoms with Crippen molar-refractivity contribution in [1.29, 1.82) is 0 Å². The highest BCUT2D eigenvalue weighted by atomic mass is 16.4. The summed E-state index contributed by atoms with van der Waals surface area (Å²) >= 11 is 0. The summed E-state index contributed by atoms with van der Waals surface area (Å²) in [6.45, 7) is 0.0897. The summed E-state index contributed by atoms with van der Waals surface area (Å²) in [6.07, 6.45) is 8.22. The van der Waals surface area contributed by atoms with Gasteiger partial charge in [0.05, 0.1) is 12.6 Å². The third-order valence-electron chi connectivity index (χ3n) is 4.23. The quantitative estimate of drug-likeness (QED) is 0.785. The molecule has 0 spiro atoms. The summed E-state index contributed by atoms with van der Waals surface area (Å²) in [7, 11) is 0. The molecule has 0 saturated heterocycles. The Morgan fingerprint density at radius 3 is 2.24 bits per heavy atom. The first-order valence-corrected chi connectivity index (χ1v) is 6.84. The van der Waals surface area contributed by atoms with E-state index in [1.165, 1.54) is 12.8 Å². The lowest BCUT2D eigenvalue weighted by Crippen LogP contribution is -2.51. The van der Waals surface area contributed by atoms with Crippen molar-refractivity contribution in [3.63, 3.8) is 0 Å². The van der Waals surface area contributed by atoms with Crippen LogP contribution in [0, 0.1) is 0 Å². The first-order chi connectivity index (χ1) is 8.18. The number of carbonyl (C=O) groups is 1. The van der Waals surface area contributed by atoms with Gasteiger partial charge >= 0.3 is 5.97 Å². The number of aliphatic hydroxyl groups excluding tert-OH is 1. The molecule has 2 aliphatic carbocycles. The van der Waals surface area contributed by atoms with Crippen LogP contribution in [0.2, 0.25) is 0 Å². The Morgan fingerprint density at radius 2 is 1.65 bits per heavy atom. The molecule has 17 heavy (non-hydrogen) atoms. The van der Waals surface area contributed by atoms with E-state index >= 15 is 0 Å². The second-order valence-corrected chi connectivity index (χ2v) is 5.42. The highest BCUT2D eigenvalue weighted by Gasteiger charge is 2.35. The van der Waals surface area contributed by atoms with Crippen LogP contribution in [0.5, 0.6) is 0 Å². The van der Waals surface area contributed by atoms with Crippen molar-refractivity contribution in [2.24, 2.45) is 0 Å². The molecule has 2 saturated carbocycles. The normalized spacial score (nSPS) is 30.9. The standard InChI is InChI=1S/C13H23NO3/c15-12-8-4-3-7-11(12)14(9-13(16)17)10-5-1-2-6-10/h10-12,15H,1-9H2,(H,16,17). The van der Waals surface area contributed by atoms with E-state index in [4.69, 9.17) is 5.11 Å². The van der Waals surface area contributed by atoms with Gasteiger partial charge < -0.3 is 10.2 Å². The first kappa shape index (κ1) is 12.8. The molecule has 0 heterocycles. The van der Waals surface area contributed by atoms with Crippen LogP contribution in [0.4, 0.5) is 0 Å². The van der Waals surface area contributed by atoms with Gasteiger partial charge in [-0.3, -0.25) is 9.69 Å². The molecule has 0 aromatic rings. The molecular formula is C13H23NO3. The summed E-state index contributed by atoms with van der Waals surface area (Å²) in [6, 6.07) is 0.451. The van der Waals surface area contributed by atoms with Crippen LogP contribution in [-0.4, -0.2) is 45.8 Å². The minimum atomic E-state index is -0.769. The fraction of sp³-hybridized carbons (Fsp3) is 0.923. The Labute approximate surface area is 103 Å². The van der Waals surface area contributed by atoms with Gasteiger partial charge in [-0.1, -0.05) is 25.7 Å². The van der Waals surface area contributed by atoms with Gasteiger partial charge in [0, 0.05) is 12.1 Å². The minimum absolute atomic E-state index is 0.0722. The number of hydrogen-bond donors (Lipinski definition) is 2. The highest BCUT2D eigenvalue weighted by molar-refractivity contribution is 5.69. The number of aliphatic carboxylic acids is 1. The predicted molar refractivity (Wildman–Crippen MR) is 64.9 cm³/mol. The molecule has 2 unspecified atom stereocenters. The summed E-state index contributed by atoms with van der Waals surface area (Å²) in [5, 5.41) is 19.1. The Kier molecular flexibility index (Phi) is 4.40. The highest BCUT2D eigenvalue weighted by Crippen LogP contribution is 2.30. The van der Waals surface area contributed by atoms with E-state index in [0.717, 1.165) is 38.5 Å². The smallest absolute Gasteiger partial charge is 0.317 e. The molecule has 0 radical (unpaired) electrons. The van der Waals surface area contributed by atoms with Crippen LogP contribution in [0.15, 0.2) is 0 Å². The van der Waals surface area contributed by atoms with Crippen molar-refractivity contribution in [3.05, 3.63) is 0 Å². The molecule has 98 valence electrons. The van der Waals surface area contributed by atoms with E-state index in [2.05, 4.69) is 4.90 Å². The zero-order chi connectivity index (χ0) is 12.3. The lowest BCUT2D eigenvalue weighted by atomic mass is 9.90. The van der Waals surface area contributed by atoms with Gasteiger partial charge in [0.2, 0.25) is 0 Å². The Hall–Kier alpha value is -0.610. The molecule has 0 bridgehead atoms. The van der Waals surface area contributed by atoms with Gasteiger partial charge in [-0.05, 0) is 25.7 Å². The van der Waals surface area contributed by atoms with Crippen molar-refractivity contribution in [2.45, 2.75) is 69.6 Å². The summed E-state index contributed by atoms with van der Waals surface area (Å²) in [5.41, 5.74) is 0. The Bertz CT molecular complexity index is 263. The van der Waals surface area contributed by atoms with Crippen LogP contribution in [-0.2, 0) is 4.79 Å². The van der Waals surface area contributed by atoms with Crippen LogP contribution in [0.25, 0.3) is 0 Å². The van der Waals surface area contributed by atoms with Crippen LogP contribution in [0.3, 0.4) is 0 Å². The number of carboxylic acid groups (broad SMARTS) is 1. The maximum absolute atomic E-state index is 11.0. The summed E-state index contributed by atoms with van der Waals surface area (Å²) < 4.78 is 0.